The van der Waals surface area contributed by atoms with Crippen LogP contribution < -0.4 is 10.6 Å². The van der Waals surface area contributed by atoms with E-state index < -0.39 is 23.5 Å². The Labute approximate surface area is 186 Å². The van der Waals surface area contributed by atoms with Gasteiger partial charge in [0.15, 0.2) is 5.82 Å². The SMILES string of the molecule is CC(C(=O)Nc1cccc(-c2nnc3n2CCCCC3)c1)N1C(=O)NC2(CCCC2)C1=O. The molecule has 3 aliphatic rings. The maximum Gasteiger partial charge on any atom is 0.325 e. The number of urea groups is 1. The summed E-state index contributed by atoms with van der Waals surface area (Å²) in [7, 11) is 0. The Bertz CT molecular complexity index is 1070. The van der Waals surface area contributed by atoms with E-state index in [0.717, 1.165) is 60.8 Å². The van der Waals surface area contributed by atoms with E-state index in [4.69, 9.17) is 0 Å². The molecule has 0 bridgehead atoms. The van der Waals surface area contributed by atoms with Gasteiger partial charge in [0.2, 0.25) is 5.91 Å². The molecule has 4 amide bonds. The van der Waals surface area contributed by atoms with Crippen LogP contribution in [-0.4, -0.2) is 49.1 Å². The van der Waals surface area contributed by atoms with Gasteiger partial charge in [-0.15, -0.1) is 10.2 Å². The van der Waals surface area contributed by atoms with Crippen LogP contribution in [0.25, 0.3) is 11.4 Å². The average Bonchev–Trinajstić information content (AvgIpc) is 3.42. The number of nitrogens with one attached hydrogen (secondary N) is 2. The van der Waals surface area contributed by atoms with Crippen LogP contribution in [0.4, 0.5) is 10.5 Å². The van der Waals surface area contributed by atoms with Gasteiger partial charge in [-0.3, -0.25) is 9.59 Å². The summed E-state index contributed by atoms with van der Waals surface area (Å²) in [4.78, 5) is 39.5. The van der Waals surface area contributed by atoms with E-state index in [1.165, 1.54) is 6.42 Å². The van der Waals surface area contributed by atoms with Crippen molar-refractivity contribution in [3.8, 4) is 11.4 Å². The number of nitrogens with zero attached hydrogens (tertiary/aromatic N) is 4. The second-order valence-electron chi connectivity index (χ2n) is 9.04. The summed E-state index contributed by atoms with van der Waals surface area (Å²) >= 11 is 0. The third-order valence-electron chi connectivity index (χ3n) is 6.91. The standard InChI is InChI=1S/C23H28N6O3/c1-15(29-21(31)23(25-22(29)32)11-4-5-12-23)20(30)24-17-9-7-8-16(14-17)19-27-26-18-10-3-2-6-13-28(18)19/h7-9,14-15H,2-6,10-13H2,1H3,(H,24,30)(H,25,32). The molecular formula is C23H28N6O3. The van der Waals surface area contributed by atoms with E-state index in [0.29, 0.717) is 18.5 Å². The quantitative estimate of drug-likeness (QED) is 0.717. The summed E-state index contributed by atoms with van der Waals surface area (Å²) in [5, 5.41) is 14.4. The van der Waals surface area contributed by atoms with E-state index in [2.05, 4.69) is 25.4 Å². The molecule has 1 saturated heterocycles. The summed E-state index contributed by atoms with van der Waals surface area (Å²) in [5.74, 6) is 1.10. The molecule has 2 aliphatic heterocycles. The Kier molecular flexibility index (Phi) is 5.19. The zero-order valence-corrected chi connectivity index (χ0v) is 18.3. The molecule has 168 valence electrons. The van der Waals surface area contributed by atoms with Crippen LogP contribution in [0.5, 0.6) is 0 Å². The molecule has 1 unspecified atom stereocenters. The van der Waals surface area contributed by atoms with E-state index in [1.54, 1.807) is 13.0 Å². The first-order valence-electron chi connectivity index (χ1n) is 11.5. The van der Waals surface area contributed by atoms with Crippen molar-refractivity contribution in [3.63, 3.8) is 0 Å². The molecule has 2 fully saturated rings. The normalized spacial score (nSPS) is 20.7. The van der Waals surface area contributed by atoms with Gasteiger partial charge in [0.05, 0.1) is 0 Å². The molecule has 1 saturated carbocycles. The summed E-state index contributed by atoms with van der Waals surface area (Å²) in [6, 6.07) is 6.06. The molecule has 1 aliphatic carbocycles. The zero-order chi connectivity index (χ0) is 22.3. The van der Waals surface area contributed by atoms with Crippen molar-refractivity contribution in [3.05, 3.63) is 30.1 Å². The highest BCUT2D eigenvalue weighted by Gasteiger charge is 2.54. The zero-order valence-electron chi connectivity index (χ0n) is 18.3. The number of rotatable bonds is 4. The highest BCUT2D eigenvalue weighted by Crippen LogP contribution is 2.36. The molecular weight excluding hydrogens is 408 g/mol. The van der Waals surface area contributed by atoms with Crippen LogP contribution in [0.15, 0.2) is 24.3 Å². The largest absolute Gasteiger partial charge is 0.325 e. The lowest BCUT2D eigenvalue weighted by atomic mass is 9.97. The second kappa shape index (κ2) is 8.03. The van der Waals surface area contributed by atoms with Gasteiger partial charge < -0.3 is 15.2 Å². The molecule has 5 rings (SSSR count). The van der Waals surface area contributed by atoms with Gasteiger partial charge in [-0.1, -0.05) is 31.4 Å². The molecule has 32 heavy (non-hydrogen) atoms. The number of carbonyl (C=O) groups is 3. The van der Waals surface area contributed by atoms with E-state index >= 15 is 0 Å². The number of aryl methyl sites for hydroxylation is 1. The van der Waals surface area contributed by atoms with Crippen LogP contribution in [0.3, 0.4) is 0 Å². The van der Waals surface area contributed by atoms with E-state index in [9.17, 15) is 14.4 Å². The first-order valence-corrected chi connectivity index (χ1v) is 11.5. The van der Waals surface area contributed by atoms with Gasteiger partial charge in [0, 0.05) is 24.2 Å². The minimum atomic E-state index is -0.907. The predicted molar refractivity (Wildman–Crippen MR) is 118 cm³/mol. The van der Waals surface area contributed by atoms with Gasteiger partial charge in [-0.2, -0.15) is 0 Å². The van der Waals surface area contributed by atoms with Crippen molar-refractivity contribution in [1.29, 1.82) is 0 Å². The molecule has 1 aromatic heterocycles. The Morgan fingerprint density at radius 1 is 1.12 bits per heavy atom. The Morgan fingerprint density at radius 2 is 1.94 bits per heavy atom. The van der Waals surface area contributed by atoms with Crippen molar-refractivity contribution in [2.24, 2.45) is 0 Å². The Hall–Kier alpha value is -3.23. The fourth-order valence-electron chi connectivity index (χ4n) is 5.11. The van der Waals surface area contributed by atoms with Gasteiger partial charge in [-0.05, 0) is 44.7 Å². The third kappa shape index (κ3) is 3.45. The molecule has 1 aromatic carbocycles. The lowest BCUT2D eigenvalue weighted by Gasteiger charge is -2.23. The molecule has 1 spiro atoms. The second-order valence-corrected chi connectivity index (χ2v) is 9.04. The highest BCUT2D eigenvalue weighted by molar-refractivity contribution is 6.11. The fourth-order valence-corrected chi connectivity index (χ4v) is 5.11. The minimum Gasteiger partial charge on any atom is -0.324 e. The summed E-state index contributed by atoms with van der Waals surface area (Å²) in [6.45, 7) is 2.47. The minimum absolute atomic E-state index is 0.289. The molecule has 0 radical (unpaired) electrons. The first kappa shape index (κ1) is 20.7. The van der Waals surface area contributed by atoms with Crippen molar-refractivity contribution in [2.75, 3.05) is 5.32 Å². The molecule has 2 N–H and O–H groups in total. The molecule has 2 aromatic rings. The number of amides is 4. The van der Waals surface area contributed by atoms with Crippen molar-refractivity contribution in [1.82, 2.24) is 25.0 Å². The average molecular weight is 437 g/mol. The monoisotopic (exact) mass is 436 g/mol. The first-order chi connectivity index (χ1) is 15.5. The third-order valence-corrected chi connectivity index (χ3v) is 6.91. The lowest BCUT2D eigenvalue weighted by molar-refractivity contribution is -0.136. The predicted octanol–water partition coefficient (Wildman–Crippen LogP) is 2.86. The number of hydrogen-bond acceptors (Lipinski definition) is 5. The number of imide groups is 1. The molecule has 9 nitrogen and oxygen atoms in total. The maximum atomic E-state index is 13.0. The Morgan fingerprint density at radius 3 is 2.75 bits per heavy atom. The van der Waals surface area contributed by atoms with Crippen molar-refractivity contribution < 1.29 is 14.4 Å². The maximum absolute atomic E-state index is 13.0. The number of carbonyl (C=O) groups excluding carboxylic acids is 3. The number of hydrogen-bond donors (Lipinski definition) is 2. The number of aromatic nitrogens is 3. The molecule has 3 heterocycles. The summed E-state index contributed by atoms with van der Waals surface area (Å²) < 4.78 is 2.16. The number of fused-ring (bicyclic) bond motifs is 1. The lowest BCUT2D eigenvalue weighted by Crippen LogP contribution is -2.48. The highest BCUT2D eigenvalue weighted by atomic mass is 16.2. The van der Waals surface area contributed by atoms with Crippen LogP contribution >= 0.6 is 0 Å². The Balaban J connectivity index is 1.33. The topological polar surface area (TPSA) is 109 Å². The number of anilines is 1. The number of benzene rings is 1. The van der Waals surface area contributed by atoms with Crippen LogP contribution in [0.1, 0.15) is 57.7 Å². The van der Waals surface area contributed by atoms with Crippen molar-refractivity contribution in [2.45, 2.75) is 76.4 Å². The van der Waals surface area contributed by atoms with Crippen molar-refractivity contribution >= 4 is 23.5 Å². The molecule has 1 atom stereocenters. The van der Waals surface area contributed by atoms with Gasteiger partial charge >= 0.3 is 6.03 Å². The van der Waals surface area contributed by atoms with Gasteiger partial charge in [-0.25, -0.2) is 9.69 Å². The van der Waals surface area contributed by atoms with E-state index in [1.807, 2.05) is 18.2 Å². The van der Waals surface area contributed by atoms with Crippen LogP contribution in [0, 0.1) is 0 Å². The summed E-state index contributed by atoms with van der Waals surface area (Å²) in [5.41, 5.74) is 0.640. The van der Waals surface area contributed by atoms with E-state index in [-0.39, 0.29) is 5.91 Å². The molecule has 9 heteroatoms. The van der Waals surface area contributed by atoms with Crippen LogP contribution in [-0.2, 0) is 22.6 Å². The fraction of sp³-hybridized carbons (Fsp3) is 0.522. The van der Waals surface area contributed by atoms with Crippen LogP contribution in [0.2, 0.25) is 0 Å². The smallest absolute Gasteiger partial charge is 0.324 e. The summed E-state index contributed by atoms with van der Waals surface area (Å²) in [6.07, 6.45) is 7.39. The van der Waals surface area contributed by atoms with Gasteiger partial charge in [0.1, 0.15) is 17.4 Å². The van der Waals surface area contributed by atoms with Gasteiger partial charge in [0.25, 0.3) is 5.91 Å².